The Morgan fingerprint density at radius 1 is 1.50 bits per heavy atom. The van der Waals surface area contributed by atoms with Crippen molar-refractivity contribution in [3.8, 4) is 0 Å². The topological polar surface area (TPSA) is 40.1 Å². The van der Waals surface area contributed by atoms with E-state index in [1.165, 1.54) is 0 Å². The summed E-state index contributed by atoms with van der Waals surface area (Å²) >= 11 is 0. The van der Waals surface area contributed by atoms with Crippen LogP contribution in [0.5, 0.6) is 0 Å². The molecule has 1 aliphatic rings. The van der Waals surface area contributed by atoms with Crippen molar-refractivity contribution < 1.29 is 10.2 Å². The second kappa shape index (κ2) is 3.35. The molecule has 2 heteroatoms. The smallest absolute Gasteiger partial charge is 0.103 e. The highest BCUT2D eigenvalue weighted by Crippen LogP contribution is 2.35. The number of aliphatic hydroxyl groups is 1. The zero-order chi connectivity index (χ0) is 9.35. The summed E-state index contributed by atoms with van der Waals surface area (Å²) in [4.78, 5) is 0. The van der Waals surface area contributed by atoms with Gasteiger partial charge in [0.15, 0.2) is 0 Å². The maximum atomic E-state index is 11.5. The third-order valence-electron chi connectivity index (χ3n) is 3.00. The molecule has 12 heavy (non-hydrogen) atoms. The van der Waals surface area contributed by atoms with Crippen molar-refractivity contribution in [3.63, 3.8) is 0 Å². The maximum absolute atomic E-state index is 11.5. The van der Waals surface area contributed by atoms with E-state index in [1.807, 2.05) is 0 Å². The Bertz CT molecular complexity index is 152. The van der Waals surface area contributed by atoms with Crippen molar-refractivity contribution in [2.75, 3.05) is 0 Å². The van der Waals surface area contributed by atoms with Crippen LogP contribution in [0.2, 0.25) is 0 Å². The Hall–Kier alpha value is -0.0800. The van der Waals surface area contributed by atoms with Gasteiger partial charge in [-0.05, 0) is 31.6 Å². The van der Waals surface area contributed by atoms with Crippen molar-refractivity contribution in [2.45, 2.75) is 51.7 Å². The van der Waals surface area contributed by atoms with Crippen molar-refractivity contribution in [2.24, 2.45) is 11.8 Å². The molecule has 0 aromatic carbocycles. The van der Waals surface area contributed by atoms with Crippen LogP contribution in [0.15, 0.2) is 0 Å². The standard InChI is InChI=1S/C10H19O2/c1-7(2)8-4-5-10(3,12)6-9(8)11/h7-9,11H,4-6H2,1-3H3/t8-,9+,10+/m1/s1. The van der Waals surface area contributed by atoms with Crippen LogP contribution in [0.3, 0.4) is 0 Å². The monoisotopic (exact) mass is 171 g/mol. The van der Waals surface area contributed by atoms with Crippen molar-refractivity contribution >= 4 is 0 Å². The molecule has 0 aromatic rings. The summed E-state index contributed by atoms with van der Waals surface area (Å²) in [6.07, 6.45) is 1.66. The summed E-state index contributed by atoms with van der Waals surface area (Å²) in [7, 11) is 0. The molecule has 0 spiro atoms. The van der Waals surface area contributed by atoms with Crippen molar-refractivity contribution in [3.05, 3.63) is 0 Å². The van der Waals surface area contributed by atoms with Crippen LogP contribution in [0.25, 0.3) is 0 Å². The molecule has 3 atom stereocenters. The lowest BCUT2D eigenvalue weighted by atomic mass is 9.73. The van der Waals surface area contributed by atoms with Crippen LogP contribution < -0.4 is 0 Å². The Labute approximate surface area is 74.6 Å². The number of hydrogen-bond donors (Lipinski definition) is 1. The van der Waals surface area contributed by atoms with Gasteiger partial charge in [0, 0.05) is 6.42 Å². The molecule has 1 aliphatic carbocycles. The van der Waals surface area contributed by atoms with E-state index in [1.54, 1.807) is 6.92 Å². The van der Waals surface area contributed by atoms with E-state index < -0.39 is 5.60 Å². The highest BCUT2D eigenvalue weighted by atomic mass is 16.3. The fraction of sp³-hybridized carbons (Fsp3) is 1.00. The van der Waals surface area contributed by atoms with Crippen LogP contribution in [0, 0.1) is 11.8 Å². The number of hydrogen-bond acceptors (Lipinski definition) is 1. The summed E-state index contributed by atoms with van der Waals surface area (Å²) in [6.45, 7) is 5.93. The Balaban J connectivity index is 2.54. The first-order valence-electron chi connectivity index (χ1n) is 4.81. The highest BCUT2D eigenvalue weighted by Gasteiger charge is 2.37. The summed E-state index contributed by atoms with van der Waals surface area (Å²) in [5.41, 5.74) is -0.884. The molecular weight excluding hydrogens is 152 g/mol. The first-order chi connectivity index (χ1) is 5.42. The van der Waals surface area contributed by atoms with Gasteiger partial charge >= 0.3 is 0 Å². The normalized spacial score (nSPS) is 43.5. The van der Waals surface area contributed by atoms with E-state index in [9.17, 15) is 10.2 Å². The molecule has 1 radical (unpaired) electrons. The van der Waals surface area contributed by atoms with E-state index in [2.05, 4.69) is 13.8 Å². The second-order valence-corrected chi connectivity index (χ2v) is 4.67. The van der Waals surface area contributed by atoms with E-state index in [0.717, 1.165) is 6.42 Å². The average Bonchev–Trinajstić information content (AvgIpc) is 1.83. The average molecular weight is 171 g/mol. The molecule has 71 valence electrons. The van der Waals surface area contributed by atoms with Gasteiger partial charge in [0.1, 0.15) is 5.60 Å². The molecule has 0 aliphatic heterocycles. The highest BCUT2D eigenvalue weighted by molar-refractivity contribution is 4.88. The summed E-state index contributed by atoms with van der Waals surface area (Å²) in [5, 5.41) is 21.2. The van der Waals surface area contributed by atoms with Gasteiger partial charge in [0.25, 0.3) is 0 Å². The Morgan fingerprint density at radius 2 is 2.08 bits per heavy atom. The Kier molecular flexibility index (Phi) is 2.79. The lowest BCUT2D eigenvalue weighted by molar-refractivity contribution is -0.104. The van der Waals surface area contributed by atoms with E-state index >= 15 is 0 Å². The molecular formula is C10H19O2. The molecule has 0 unspecified atom stereocenters. The molecule has 1 saturated carbocycles. The molecule has 0 amide bonds. The zero-order valence-corrected chi connectivity index (χ0v) is 8.21. The van der Waals surface area contributed by atoms with Gasteiger partial charge in [-0.15, -0.1) is 0 Å². The third-order valence-corrected chi connectivity index (χ3v) is 3.00. The molecule has 2 nitrogen and oxygen atoms in total. The minimum atomic E-state index is -0.884. The zero-order valence-electron chi connectivity index (χ0n) is 8.21. The minimum Gasteiger partial charge on any atom is -0.393 e. The van der Waals surface area contributed by atoms with Crippen molar-refractivity contribution in [1.29, 1.82) is 0 Å². The molecule has 0 heterocycles. The van der Waals surface area contributed by atoms with E-state index in [4.69, 9.17) is 0 Å². The molecule has 0 aromatic heterocycles. The maximum Gasteiger partial charge on any atom is 0.103 e. The first-order valence-corrected chi connectivity index (χ1v) is 4.81. The molecule has 0 bridgehead atoms. The largest absolute Gasteiger partial charge is 0.393 e. The van der Waals surface area contributed by atoms with Gasteiger partial charge in [-0.25, -0.2) is 5.11 Å². The van der Waals surface area contributed by atoms with Crippen LogP contribution in [-0.4, -0.2) is 16.8 Å². The van der Waals surface area contributed by atoms with Crippen LogP contribution >= 0.6 is 0 Å². The molecule has 1 fully saturated rings. The van der Waals surface area contributed by atoms with Gasteiger partial charge in [-0.2, -0.15) is 0 Å². The summed E-state index contributed by atoms with van der Waals surface area (Å²) in [5.74, 6) is 0.836. The summed E-state index contributed by atoms with van der Waals surface area (Å²) in [6, 6.07) is 0. The van der Waals surface area contributed by atoms with Crippen LogP contribution in [0.4, 0.5) is 0 Å². The second-order valence-electron chi connectivity index (χ2n) is 4.67. The first kappa shape index (κ1) is 10.0. The molecule has 1 N–H and O–H groups in total. The van der Waals surface area contributed by atoms with Gasteiger partial charge in [0.2, 0.25) is 0 Å². The fourth-order valence-corrected chi connectivity index (χ4v) is 2.14. The fourth-order valence-electron chi connectivity index (χ4n) is 2.14. The third kappa shape index (κ3) is 2.20. The van der Waals surface area contributed by atoms with Crippen LogP contribution in [0.1, 0.15) is 40.0 Å². The van der Waals surface area contributed by atoms with Gasteiger partial charge in [-0.3, -0.25) is 0 Å². The Morgan fingerprint density at radius 3 is 2.50 bits per heavy atom. The lowest BCUT2D eigenvalue weighted by Gasteiger charge is -2.37. The quantitative estimate of drug-likeness (QED) is 0.644. The molecule has 0 saturated heterocycles. The van der Waals surface area contributed by atoms with Gasteiger partial charge in [-0.1, -0.05) is 13.8 Å². The van der Waals surface area contributed by atoms with Gasteiger partial charge < -0.3 is 5.11 Å². The van der Waals surface area contributed by atoms with E-state index in [-0.39, 0.29) is 6.10 Å². The minimum absolute atomic E-state index is 0.340. The predicted molar refractivity (Wildman–Crippen MR) is 47.3 cm³/mol. The SMILES string of the molecule is CC(C)[C@H]1CC[C@](C)([O])C[C@@H]1O. The number of aliphatic hydroxyl groups excluding tert-OH is 1. The van der Waals surface area contributed by atoms with E-state index in [0.29, 0.717) is 24.7 Å². The predicted octanol–water partition coefficient (Wildman–Crippen LogP) is 1.99. The van der Waals surface area contributed by atoms with Gasteiger partial charge in [0.05, 0.1) is 6.10 Å². The number of rotatable bonds is 1. The van der Waals surface area contributed by atoms with Crippen LogP contribution in [-0.2, 0) is 5.11 Å². The molecule has 1 rings (SSSR count). The lowest BCUT2D eigenvalue weighted by Crippen LogP contribution is -2.40. The van der Waals surface area contributed by atoms with Crippen molar-refractivity contribution in [1.82, 2.24) is 0 Å². The summed E-state index contributed by atoms with van der Waals surface area (Å²) < 4.78 is 0.